The molecule has 0 bridgehead atoms. The zero-order valence-electron chi connectivity index (χ0n) is 15.9. The Morgan fingerprint density at radius 3 is 2.48 bits per heavy atom. The maximum absolute atomic E-state index is 13.8. The number of carbonyl (C=O) groups excluding carboxylic acids is 1. The van der Waals surface area contributed by atoms with E-state index in [0.29, 0.717) is 31.0 Å². The monoisotopic (exact) mass is 394 g/mol. The van der Waals surface area contributed by atoms with E-state index in [1.54, 1.807) is 23.1 Å². The summed E-state index contributed by atoms with van der Waals surface area (Å²) < 4.78 is 26.9. The molecule has 4 rings (SSSR count). The summed E-state index contributed by atoms with van der Waals surface area (Å²) in [5, 5.41) is 11.8. The molecular formula is C22H20F2N4O. The molecule has 1 amide bonds. The smallest absolute Gasteiger partial charge is 0.219 e. The maximum Gasteiger partial charge on any atom is 0.219 e. The number of hydrogen-bond donors (Lipinski definition) is 1. The van der Waals surface area contributed by atoms with E-state index < -0.39 is 0 Å². The van der Waals surface area contributed by atoms with Gasteiger partial charge in [-0.05, 0) is 66.1 Å². The Bertz CT molecular complexity index is 1020. The van der Waals surface area contributed by atoms with E-state index in [-0.39, 0.29) is 23.6 Å². The molecule has 1 aliphatic heterocycles. The fourth-order valence-electron chi connectivity index (χ4n) is 3.56. The third-order valence-electron chi connectivity index (χ3n) is 5.10. The number of amides is 1. The molecule has 1 unspecified atom stereocenters. The molecule has 0 radical (unpaired) electrons. The fraction of sp³-hybridized carbons (Fsp3) is 0.227. The Kier molecular flexibility index (Phi) is 5.20. The lowest BCUT2D eigenvalue weighted by molar-refractivity contribution is -0.129. The van der Waals surface area contributed by atoms with Gasteiger partial charge in [-0.25, -0.2) is 8.78 Å². The van der Waals surface area contributed by atoms with E-state index in [1.165, 1.54) is 31.2 Å². The first kappa shape index (κ1) is 19.0. The van der Waals surface area contributed by atoms with Crippen molar-refractivity contribution < 1.29 is 13.6 Å². The van der Waals surface area contributed by atoms with Gasteiger partial charge in [0.25, 0.3) is 0 Å². The van der Waals surface area contributed by atoms with Crippen LogP contribution in [-0.2, 0) is 11.3 Å². The Labute approximate surface area is 167 Å². The molecule has 148 valence electrons. The first-order valence-electron chi connectivity index (χ1n) is 9.39. The summed E-state index contributed by atoms with van der Waals surface area (Å²) in [6.07, 6.45) is 0.666. The topological polar surface area (TPSA) is 58.1 Å². The average Bonchev–Trinajstić information content (AvgIpc) is 2.88. The minimum Gasteiger partial charge on any atom is -0.362 e. The largest absolute Gasteiger partial charge is 0.362 e. The Hall–Kier alpha value is -3.35. The van der Waals surface area contributed by atoms with Gasteiger partial charge in [-0.15, -0.1) is 10.2 Å². The number of carbonyl (C=O) groups is 1. The third kappa shape index (κ3) is 4.23. The second-order valence-electron chi connectivity index (χ2n) is 7.08. The molecule has 1 aliphatic rings. The van der Waals surface area contributed by atoms with Gasteiger partial charge in [0.2, 0.25) is 5.91 Å². The van der Waals surface area contributed by atoms with E-state index in [4.69, 9.17) is 0 Å². The van der Waals surface area contributed by atoms with Gasteiger partial charge >= 0.3 is 0 Å². The van der Waals surface area contributed by atoms with Crippen LogP contribution in [0.2, 0.25) is 0 Å². The van der Waals surface area contributed by atoms with Crippen LogP contribution < -0.4 is 5.32 Å². The normalized spacial score (nSPS) is 16.1. The number of fused-ring (bicyclic) bond motifs is 1. The summed E-state index contributed by atoms with van der Waals surface area (Å²) in [5.41, 5.74) is 3.14. The molecule has 0 saturated heterocycles. The first-order valence-corrected chi connectivity index (χ1v) is 9.39. The quantitative estimate of drug-likeness (QED) is 0.719. The van der Waals surface area contributed by atoms with Crippen molar-refractivity contribution in [3.63, 3.8) is 0 Å². The Morgan fingerprint density at radius 1 is 1.03 bits per heavy atom. The van der Waals surface area contributed by atoms with Gasteiger partial charge < -0.3 is 10.2 Å². The van der Waals surface area contributed by atoms with Crippen LogP contribution in [0.3, 0.4) is 0 Å². The van der Waals surface area contributed by atoms with Gasteiger partial charge in [0.05, 0.1) is 11.7 Å². The zero-order valence-corrected chi connectivity index (χ0v) is 15.9. The van der Waals surface area contributed by atoms with Crippen LogP contribution in [-0.4, -0.2) is 27.5 Å². The average molecular weight is 394 g/mol. The van der Waals surface area contributed by atoms with Crippen LogP contribution in [0.4, 0.5) is 14.6 Å². The van der Waals surface area contributed by atoms with E-state index in [0.717, 1.165) is 16.7 Å². The molecular weight excluding hydrogens is 374 g/mol. The highest BCUT2D eigenvalue weighted by Gasteiger charge is 2.24. The first-order chi connectivity index (χ1) is 14.0. The van der Waals surface area contributed by atoms with Gasteiger partial charge in [0.1, 0.15) is 17.5 Å². The van der Waals surface area contributed by atoms with Gasteiger partial charge in [0.15, 0.2) is 0 Å². The number of halogens is 2. The molecule has 0 aliphatic carbocycles. The molecule has 1 aromatic heterocycles. The second kappa shape index (κ2) is 7.95. The fourth-order valence-corrected chi connectivity index (χ4v) is 3.56. The van der Waals surface area contributed by atoms with E-state index in [9.17, 15) is 13.6 Å². The third-order valence-corrected chi connectivity index (χ3v) is 5.10. The van der Waals surface area contributed by atoms with Gasteiger partial charge in [-0.3, -0.25) is 4.79 Å². The van der Waals surface area contributed by atoms with Gasteiger partial charge in [-0.1, -0.05) is 6.07 Å². The Morgan fingerprint density at radius 2 is 1.79 bits per heavy atom. The van der Waals surface area contributed by atoms with Crippen LogP contribution in [0.1, 0.15) is 30.5 Å². The van der Waals surface area contributed by atoms with Gasteiger partial charge in [0, 0.05) is 25.6 Å². The van der Waals surface area contributed by atoms with Crippen molar-refractivity contribution in [2.24, 2.45) is 0 Å². The number of nitrogens with zero attached hydrogens (tertiary/aromatic N) is 3. The number of rotatable bonds is 3. The number of aromatic nitrogens is 2. The predicted molar refractivity (Wildman–Crippen MR) is 106 cm³/mol. The van der Waals surface area contributed by atoms with Crippen LogP contribution in [0.15, 0.2) is 54.6 Å². The van der Waals surface area contributed by atoms with Crippen LogP contribution in [0.5, 0.6) is 0 Å². The zero-order chi connectivity index (χ0) is 20.4. The van der Waals surface area contributed by atoms with Crippen LogP contribution in [0, 0.1) is 11.6 Å². The highest BCUT2D eigenvalue weighted by atomic mass is 19.1. The maximum atomic E-state index is 13.8. The minimum atomic E-state index is -0.323. The van der Waals surface area contributed by atoms with Crippen molar-refractivity contribution in [2.45, 2.75) is 25.9 Å². The molecule has 0 saturated carbocycles. The molecule has 2 aromatic carbocycles. The van der Waals surface area contributed by atoms with Crippen LogP contribution >= 0.6 is 0 Å². The second-order valence-corrected chi connectivity index (χ2v) is 7.08. The van der Waals surface area contributed by atoms with Crippen molar-refractivity contribution in [3.05, 3.63) is 77.4 Å². The molecule has 1 N–H and O–H groups in total. The molecule has 0 spiro atoms. The number of hydrogen-bond acceptors (Lipinski definition) is 4. The predicted octanol–water partition coefficient (Wildman–Crippen LogP) is 4.33. The van der Waals surface area contributed by atoms with E-state index in [1.807, 2.05) is 12.1 Å². The van der Waals surface area contributed by atoms with Crippen molar-refractivity contribution in [2.75, 3.05) is 11.9 Å². The minimum absolute atomic E-state index is 0.0377. The van der Waals surface area contributed by atoms with Crippen molar-refractivity contribution in [1.82, 2.24) is 15.1 Å². The summed E-state index contributed by atoms with van der Waals surface area (Å²) in [6.45, 7) is 2.46. The molecule has 2 heterocycles. The van der Waals surface area contributed by atoms with E-state index in [2.05, 4.69) is 15.5 Å². The lowest BCUT2D eigenvalue weighted by atomic mass is 9.99. The number of anilines is 1. The summed E-state index contributed by atoms with van der Waals surface area (Å²) in [7, 11) is 0. The van der Waals surface area contributed by atoms with Crippen molar-refractivity contribution in [1.29, 1.82) is 0 Å². The lowest BCUT2D eigenvalue weighted by Gasteiger charge is -2.20. The SMILES string of the molecule is CC(=O)N1CCC(Nc2ccc(-c3ccc(F)cc3)nn2)c2ccc(F)cc2C1. The number of benzene rings is 2. The molecule has 29 heavy (non-hydrogen) atoms. The van der Waals surface area contributed by atoms with E-state index >= 15 is 0 Å². The summed E-state index contributed by atoms with van der Waals surface area (Å²) in [5.74, 6) is -0.0869. The summed E-state index contributed by atoms with van der Waals surface area (Å²) >= 11 is 0. The highest BCUT2D eigenvalue weighted by molar-refractivity contribution is 5.73. The molecule has 1 atom stereocenters. The standard InChI is InChI=1S/C22H20F2N4O/c1-14(29)28-11-10-21(19-7-6-18(24)12-16(19)13-28)25-22-9-8-20(26-27-22)15-2-4-17(23)5-3-15/h2-9,12,21H,10-11,13H2,1H3,(H,25,27). The van der Waals surface area contributed by atoms with Crippen molar-refractivity contribution >= 4 is 11.7 Å². The molecule has 0 fully saturated rings. The van der Waals surface area contributed by atoms with Crippen molar-refractivity contribution in [3.8, 4) is 11.3 Å². The highest BCUT2D eigenvalue weighted by Crippen LogP contribution is 2.30. The molecule has 3 aromatic rings. The summed E-state index contributed by atoms with van der Waals surface area (Å²) in [6, 6.07) is 14.2. The molecule has 7 heteroatoms. The molecule has 5 nitrogen and oxygen atoms in total. The van der Waals surface area contributed by atoms with Gasteiger partial charge in [-0.2, -0.15) is 0 Å². The summed E-state index contributed by atoms with van der Waals surface area (Å²) in [4.78, 5) is 13.6. The van der Waals surface area contributed by atoms with Crippen LogP contribution in [0.25, 0.3) is 11.3 Å². The number of nitrogens with one attached hydrogen (secondary N) is 1. The lowest BCUT2D eigenvalue weighted by Crippen LogP contribution is -2.28. The Balaban J connectivity index is 1.57.